The van der Waals surface area contributed by atoms with E-state index in [0.29, 0.717) is 0 Å². The molecule has 0 saturated heterocycles. The van der Waals surface area contributed by atoms with Crippen molar-refractivity contribution in [1.82, 2.24) is 0 Å². The van der Waals surface area contributed by atoms with Crippen molar-refractivity contribution < 1.29 is 4.70 Å². The molecule has 0 aliphatic carbocycles. The lowest BCUT2D eigenvalue weighted by Gasteiger charge is -2.11. The van der Waals surface area contributed by atoms with E-state index in [9.17, 15) is 5.53 Å². The molecule has 0 spiro atoms. The van der Waals surface area contributed by atoms with Gasteiger partial charge in [-0.2, -0.15) is 0 Å². The zero-order valence-corrected chi connectivity index (χ0v) is 22.5. The van der Waals surface area contributed by atoms with Crippen molar-refractivity contribution in [3.05, 3.63) is 88.0 Å². The molecule has 0 amide bonds. The highest BCUT2D eigenvalue weighted by atomic mass is 15.2. The Labute approximate surface area is 214 Å². The molecule has 1 heterocycles. The second-order valence-electron chi connectivity index (χ2n) is 10.2. The maximum atomic E-state index is 11.4. The summed E-state index contributed by atoms with van der Waals surface area (Å²) in [6.07, 6.45) is 19.3. The topological polar surface area (TPSA) is 25.3 Å². The molecule has 1 aliphatic rings. The smallest absolute Gasteiger partial charge is 0.210 e. The highest BCUT2D eigenvalue weighted by Gasteiger charge is 2.28. The van der Waals surface area contributed by atoms with Crippen LogP contribution in [-0.4, -0.2) is 4.70 Å². The van der Waals surface area contributed by atoms with Crippen LogP contribution in [0.2, 0.25) is 0 Å². The third-order valence-electron chi connectivity index (χ3n) is 7.17. The van der Waals surface area contributed by atoms with Gasteiger partial charge in [0.05, 0.1) is 0 Å². The number of nitrogens with zero attached hydrogens (tertiary/aromatic N) is 2. The normalized spacial score (nSPS) is 13.6. The van der Waals surface area contributed by atoms with Crippen molar-refractivity contribution in [1.29, 1.82) is 0 Å². The van der Waals surface area contributed by atoms with Gasteiger partial charge in [-0.1, -0.05) is 96.4 Å². The minimum Gasteiger partial charge on any atom is -0.493 e. The molecule has 35 heavy (non-hydrogen) atoms. The summed E-state index contributed by atoms with van der Waals surface area (Å²) in [6.45, 7) is 6.75. The van der Waals surface area contributed by atoms with Crippen molar-refractivity contribution >= 4 is 11.4 Å². The van der Waals surface area contributed by atoms with E-state index in [1.807, 2.05) is 0 Å². The third-order valence-corrected chi connectivity index (χ3v) is 7.17. The summed E-state index contributed by atoms with van der Waals surface area (Å²) < 4.78 is 1.46. The molecule has 0 unspecified atom stereocenters. The van der Waals surface area contributed by atoms with Crippen LogP contribution in [0.15, 0.2) is 60.2 Å². The predicted molar refractivity (Wildman–Crippen MR) is 151 cm³/mol. The average Bonchev–Trinajstić information content (AvgIpc) is 3.21. The van der Waals surface area contributed by atoms with Crippen LogP contribution in [0.5, 0.6) is 0 Å². The van der Waals surface area contributed by atoms with Crippen LogP contribution in [-0.2, 0) is 12.8 Å². The largest absolute Gasteiger partial charge is 0.493 e. The first kappa shape index (κ1) is 27.1. The summed E-state index contributed by atoms with van der Waals surface area (Å²) in [5.41, 5.74) is 19.5. The Kier molecular flexibility index (Phi) is 11.5. The standard InChI is InChI=1S/C33H46N2/c1-4-7-10-11-12-14-18-28-19-15-22-29(24-28)32-26-31(21-13-8-5-2)33(35(32)34)30-23-16-20-27(25-30)17-9-6-3/h15-16,19-20,22-26H,4-14,17-18,21H2,1-3H3. The molecule has 2 heteroatoms. The van der Waals surface area contributed by atoms with E-state index in [0.717, 1.165) is 48.2 Å². The Morgan fingerprint density at radius 3 is 1.86 bits per heavy atom. The Balaban J connectivity index is 1.78. The van der Waals surface area contributed by atoms with Crippen molar-refractivity contribution in [3.63, 3.8) is 0 Å². The minimum atomic E-state index is 0.912. The average molecular weight is 471 g/mol. The Bertz CT molecular complexity index is 1010. The number of unbranched alkanes of at least 4 members (excludes halogenated alkanes) is 8. The second-order valence-corrected chi connectivity index (χ2v) is 10.2. The van der Waals surface area contributed by atoms with Gasteiger partial charge in [-0.05, 0) is 73.9 Å². The molecule has 1 aliphatic heterocycles. The van der Waals surface area contributed by atoms with Gasteiger partial charge >= 0.3 is 0 Å². The number of aryl methyl sites for hydroxylation is 2. The predicted octanol–water partition coefficient (Wildman–Crippen LogP) is 10.3. The fraction of sp³-hybridized carbons (Fsp3) is 0.515. The van der Waals surface area contributed by atoms with Crippen LogP contribution < -0.4 is 0 Å². The van der Waals surface area contributed by atoms with Gasteiger partial charge in [-0.3, -0.25) is 0 Å². The maximum Gasteiger partial charge on any atom is 0.210 e. The Morgan fingerprint density at radius 2 is 1.14 bits per heavy atom. The number of benzene rings is 2. The van der Waals surface area contributed by atoms with Crippen LogP contribution >= 0.6 is 0 Å². The van der Waals surface area contributed by atoms with Crippen molar-refractivity contribution in [2.75, 3.05) is 0 Å². The van der Waals surface area contributed by atoms with Gasteiger partial charge in [0, 0.05) is 22.8 Å². The van der Waals surface area contributed by atoms with Crippen LogP contribution in [0.3, 0.4) is 0 Å². The van der Waals surface area contributed by atoms with Crippen molar-refractivity contribution in [2.24, 2.45) is 0 Å². The lowest BCUT2D eigenvalue weighted by molar-refractivity contribution is -0.344. The molecule has 188 valence electrons. The van der Waals surface area contributed by atoms with E-state index in [-0.39, 0.29) is 0 Å². The first-order valence-electron chi connectivity index (χ1n) is 14.3. The molecule has 0 atom stereocenters. The van der Waals surface area contributed by atoms with Crippen LogP contribution in [0, 0.1) is 0 Å². The maximum absolute atomic E-state index is 11.4. The molecule has 0 fully saturated rings. The monoisotopic (exact) mass is 470 g/mol. The number of hydrogen-bond donors (Lipinski definition) is 0. The van der Waals surface area contributed by atoms with Gasteiger partial charge in [0.25, 0.3) is 0 Å². The van der Waals surface area contributed by atoms with E-state index in [2.05, 4.69) is 75.4 Å². The summed E-state index contributed by atoms with van der Waals surface area (Å²) in [6, 6.07) is 17.6. The van der Waals surface area contributed by atoms with Crippen LogP contribution in [0.25, 0.3) is 16.9 Å². The Hall–Kier alpha value is -2.48. The first-order chi connectivity index (χ1) is 17.2. The number of rotatable bonds is 16. The summed E-state index contributed by atoms with van der Waals surface area (Å²) in [5, 5.41) is 0. The summed E-state index contributed by atoms with van der Waals surface area (Å²) >= 11 is 0. The molecule has 2 aromatic carbocycles. The summed E-state index contributed by atoms with van der Waals surface area (Å²) in [5.74, 6) is 0. The molecule has 0 radical (unpaired) electrons. The molecular weight excluding hydrogens is 424 g/mol. The molecular formula is C33H46N2. The zero-order valence-electron chi connectivity index (χ0n) is 22.5. The van der Waals surface area contributed by atoms with Crippen LogP contribution in [0.1, 0.15) is 120 Å². The summed E-state index contributed by atoms with van der Waals surface area (Å²) in [7, 11) is 0. The number of hydrogen-bond acceptors (Lipinski definition) is 0. The SMILES string of the molecule is CCCCCCCCc1cccc(C2=CC(CCCCC)=C(c3cccc(CCCC)c3)[N+]2=[N-])c1. The first-order valence-corrected chi connectivity index (χ1v) is 14.3. The number of allylic oxidation sites excluding steroid dienone is 2. The highest BCUT2D eigenvalue weighted by Crippen LogP contribution is 2.38. The third kappa shape index (κ3) is 8.02. The van der Waals surface area contributed by atoms with Crippen LogP contribution in [0.4, 0.5) is 0 Å². The molecule has 0 saturated carbocycles. The van der Waals surface area contributed by atoms with E-state index >= 15 is 0 Å². The molecule has 2 nitrogen and oxygen atoms in total. The van der Waals surface area contributed by atoms with Gasteiger partial charge in [0.2, 0.25) is 11.4 Å². The fourth-order valence-corrected chi connectivity index (χ4v) is 5.07. The van der Waals surface area contributed by atoms with E-state index < -0.39 is 0 Å². The highest BCUT2D eigenvalue weighted by molar-refractivity contribution is 5.78. The zero-order chi connectivity index (χ0) is 24.9. The molecule has 0 bridgehead atoms. The molecule has 0 N–H and O–H groups in total. The van der Waals surface area contributed by atoms with Gasteiger partial charge in [-0.15, -0.1) is 0 Å². The second kappa shape index (κ2) is 14.8. The van der Waals surface area contributed by atoms with Crippen molar-refractivity contribution in [3.8, 4) is 0 Å². The summed E-state index contributed by atoms with van der Waals surface area (Å²) in [4.78, 5) is 0. The molecule has 2 aromatic rings. The van der Waals surface area contributed by atoms with E-state index in [4.69, 9.17) is 0 Å². The fourth-order valence-electron chi connectivity index (χ4n) is 5.07. The van der Waals surface area contributed by atoms with Crippen molar-refractivity contribution in [2.45, 2.75) is 111 Å². The molecule has 0 aromatic heterocycles. The Morgan fingerprint density at radius 1 is 0.600 bits per heavy atom. The van der Waals surface area contributed by atoms with Gasteiger partial charge in [-0.25, -0.2) is 4.70 Å². The molecule has 3 rings (SSSR count). The van der Waals surface area contributed by atoms with E-state index in [1.54, 1.807) is 0 Å². The lowest BCUT2D eigenvalue weighted by Crippen LogP contribution is -2.03. The van der Waals surface area contributed by atoms with E-state index in [1.165, 1.54) is 85.6 Å². The van der Waals surface area contributed by atoms with Gasteiger partial charge in [0.15, 0.2) is 0 Å². The minimum absolute atomic E-state index is 0.912. The lowest BCUT2D eigenvalue weighted by atomic mass is 9.99. The quantitative estimate of drug-likeness (QED) is 0.172. The van der Waals surface area contributed by atoms with Gasteiger partial charge < -0.3 is 5.53 Å². The van der Waals surface area contributed by atoms with Gasteiger partial charge in [0.1, 0.15) is 0 Å².